The number of nitrogens with zero attached hydrogens (tertiary/aromatic N) is 1. The third kappa shape index (κ3) is 3.52. The minimum Gasteiger partial charge on any atom is -0.428 e. The Bertz CT molecular complexity index is 659. The number of hydrogen-bond donors (Lipinski definition) is 0. The number of carbonyl (C=O) groups is 3. The molecule has 0 radical (unpaired) electrons. The Labute approximate surface area is 144 Å². The van der Waals surface area contributed by atoms with Gasteiger partial charge in [0.25, 0.3) is 16.0 Å². The molecule has 136 valence electrons. The molecule has 2 saturated heterocycles. The molecular formula is C13H19NO8S2. The fourth-order valence-electron chi connectivity index (χ4n) is 2.52. The number of carbonyl (C=O) groups excluding carboxylic acids is 3. The van der Waals surface area contributed by atoms with E-state index in [-0.39, 0.29) is 5.75 Å². The summed E-state index contributed by atoms with van der Waals surface area (Å²) in [5.74, 6) is -2.14. The molecular weight excluding hydrogens is 362 g/mol. The van der Waals surface area contributed by atoms with E-state index in [2.05, 4.69) is 4.74 Å². The van der Waals surface area contributed by atoms with E-state index in [9.17, 15) is 22.8 Å². The van der Waals surface area contributed by atoms with E-state index in [0.29, 0.717) is 0 Å². The van der Waals surface area contributed by atoms with Crippen molar-refractivity contribution in [3.8, 4) is 0 Å². The Balaban J connectivity index is 2.09. The molecule has 0 spiro atoms. The van der Waals surface area contributed by atoms with Gasteiger partial charge in [-0.2, -0.15) is 8.42 Å². The number of rotatable bonds is 6. The van der Waals surface area contributed by atoms with Crippen LogP contribution in [0.25, 0.3) is 0 Å². The van der Waals surface area contributed by atoms with Gasteiger partial charge in [-0.05, 0) is 20.8 Å². The second kappa shape index (κ2) is 6.52. The highest BCUT2D eigenvalue weighted by atomic mass is 32.2. The van der Waals surface area contributed by atoms with Gasteiger partial charge < -0.3 is 14.4 Å². The van der Waals surface area contributed by atoms with Gasteiger partial charge in [0, 0.05) is 11.7 Å². The van der Waals surface area contributed by atoms with Crippen LogP contribution in [0.3, 0.4) is 0 Å². The second-order valence-corrected chi connectivity index (χ2v) is 9.50. The zero-order valence-corrected chi connectivity index (χ0v) is 15.3. The summed E-state index contributed by atoms with van der Waals surface area (Å²) < 4.78 is 36.8. The summed E-state index contributed by atoms with van der Waals surface area (Å²) >= 11 is 1.26. The van der Waals surface area contributed by atoms with Crippen molar-refractivity contribution in [1.29, 1.82) is 0 Å². The van der Waals surface area contributed by atoms with Crippen molar-refractivity contribution in [2.75, 3.05) is 12.5 Å². The van der Waals surface area contributed by atoms with Crippen molar-refractivity contribution in [2.24, 2.45) is 0 Å². The first-order chi connectivity index (χ1) is 11.0. The molecule has 0 bridgehead atoms. The molecule has 2 heterocycles. The molecule has 2 fully saturated rings. The number of thioether (sulfide) groups is 1. The molecule has 0 aromatic heterocycles. The first-order valence-corrected chi connectivity index (χ1v) is 9.67. The molecule has 11 heteroatoms. The standard InChI is InChI=1S/C13H19NO8S2/c1-5-24(18,19)22-8-10(16)14-9(13(3,4)23-11(8)14)12(17)21-6-20-7(2)15/h8-9,11H,5-6H2,1-4H3/t8-,9+,11-/m1/s1. The van der Waals surface area contributed by atoms with Crippen molar-refractivity contribution in [2.45, 2.75) is 50.0 Å². The summed E-state index contributed by atoms with van der Waals surface area (Å²) in [5, 5.41) is -0.583. The third-order valence-corrected chi connectivity index (χ3v) is 6.44. The molecule has 2 aliphatic rings. The van der Waals surface area contributed by atoms with Crippen molar-refractivity contribution >= 4 is 39.7 Å². The summed E-state index contributed by atoms with van der Waals surface area (Å²) in [6, 6.07) is -0.917. The van der Waals surface area contributed by atoms with Crippen LogP contribution in [0.5, 0.6) is 0 Å². The van der Waals surface area contributed by atoms with E-state index in [4.69, 9.17) is 8.92 Å². The summed E-state index contributed by atoms with van der Waals surface area (Å²) in [5.41, 5.74) is 0. The van der Waals surface area contributed by atoms with Crippen LogP contribution in [-0.2, 0) is 38.2 Å². The monoisotopic (exact) mass is 381 g/mol. The van der Waals surface area contributed by atoms with E-state index in [1.54, 1.807) is 13.8 Å². The second-order valence-electron chi connectivity index (χ2n) is 5.84. The molecule has 24 heavy (non-hydrogen) atoms. The average Bonchev–Trinajstić information content (AvgIpc) is 2.73. The first-order valence-electron chi connectivity index (χ1n) is 7.21. The summed E-state index contributed by atoms with van der Waals surface area (Å²) in [7, 11) is -3.78. The van der Waals surface area contributed by atoms with E-state index in [1.165, 1.54) is 30.5 Å². The fourth-order valence-corrected chi connectivity index (χ4v) is 4.83. The average molecular weight is 381 g/mol. The highest BCUT2D eigenvalue weighted by Gasteiger charge is 2.65. The van der Waals surface area contributed by atoms with Crippen LogP contribution in [0.4, 0.5) is 0 Å². The van der Waals surface area contributed by atoms with Crippen molar-refractivity contribution in [3.63, 3.8) is 0 Å². The van der Waals surface area contributed by atoms with Gasteiger partial charge in [0.1, 0.15) is 11.4 Å². The van der Waals surface area contributed by atoms with Gasteiger partial charge >= 0.3 is 11.9 Å². The molecule has 0 N–H and O–H groups in total. The molecule has 3 atom stereocenters. The summed E-state index contributed by atoms with van der Waals surface area (Å²) in [6.45, 7) is 5.53. The van der Waals surface area contributed by atoms with Crippen LogP contribution in [0.1, 0.15) is 27.7 Å². The van der Waals surface area contributed by atoms with E-state index in [1.807, 2.05) is 0 Å². The Morgan fingerprint density at radius 2 is 1.92 bits per heavy atom. The van der Waals surface area contributed by atoms with Gasteiger partial charge in [0.15, 0.2) is 6.10 Å². The summed E-state index contributed by atoms with van der Waals surface area (Å²) in [6.07, 6.45) is -1.13. The Kier molecular flexibility index (Phi) is 5.17. The number of fused-ring (bicyclic) bond motifs is 1. The fraction of sp³-hybridized carbons (Fsp3) is 0.769. The molecule has 1 amide bonds. The predicted molar refractivity (Wildman–Crippen MR) is 83.2 cm³/mol. The third-order valence-electron chi connectivity index (χ3n) is 3.68. The SMILES string of the molecule is CCS(=O)(=O)O[C@@H]1C(=O)N2[C@@H]1SC(C)(C)[C@@H]2C(=O)OCOC(C)=O. The predicted octanol–water partition coefficient (Wildman–Crippen LogP) is -0.153. The van der Waals surface area contributed by atoms with E-state index in [0.717, 1.165) is 0 Å². The lowest BCUT2D eigenvalue weighted by molar-refractivity contribution is -0.179. The van der Waals surface area contributed by atoms with Crippen molar-refractivity contribution in [1.82, 2.24) is 4.90 Å². The van der Waals surface area contributed by atoms with Gasteiger partial charge in [0.2, 0.25) is 6.79 Å². The molecule has 0 unspecified atom stereocenters. The van der Waals surface area contributed by atoms with Crippen LogP contribution < -0.4 is 0 Å². The normalized spacial score (nSPS) is 28.1. The Morgan fingerprint density at radius 1 is 1.29 bits per heavy atom. The number of amides is 1. The first kappa shape index (κ1) is 19.0. The van der Waals surface area contributed by atoms with Crippen molar-refractivity contribution < 1.29 is 36.5 Å². The maximum absolute atomic E-state index is 12.3. The van der Waals surface area contributed by atoms with Crippen LogP contribution in [0, 0.1) is 0 Å². The maximum Gasteiger partial charge on any atom is 0.333 e. The number of ether oxygens (including phenoxy) is 2. The topological polar surface area (TPSA) is 116 Å². The van der Waals surface area contributed by atoms with Gasteiger partial charge in [-0.3, -0.25) is 13.8 Å². The van der Waals surface area contributed by atoms with E-state index < -0.39 is 57.0 Å². The minimum atomic E-state index is -3.78. The number of hydrogen-bond acceptors (Lipinski definition) is 9. The van der Waals surface area contributed by atoms with Gasteiger partial charge in [-0.1, -0.05) is 0 Å². The minimum absolute atomic E-state index is 0.245. The zero-order valence-electron chi connectivity index (χ0n) is 13.7. The van der Waals surface area contributed by atoms with Gasteiger partial charge in [-0.25, -0.2) is 4.79 Å². The smallest absolute Gasteiger partial charge is 0.333 e. The lowest BCUT2D eigenvalue weighted by Gasteiger charge is -2.42. The molecule has 9 nitrogen and oxygen atoms in total. The maximum atomic E-state index is 12.3. The molecule has 0 aromatic rings. The van der Waals surface area contributed by atoms with Crippen LogP contribution in [0.15, 0.2) is 0 Å². The highest BCUT2D eigenvalue weighted by Crippen LogP contribution is 2.52. The molecule has 2 aliphatic heterocycles. The molecule has 0 aromatic carbocycles. The zero-order chi connectivity index (χ0) is 18.3. The summed E-state index contributed by atoms with van der Waals surface area (Å²) in [4.78, 5) is 36.5. The van der Waals surface area contributed by atoms with Gasteiger partial charge in [0.05, 0.1) is 5.75 Å². The largest absolute Gasteiger partial charge is 0.428 e. The molecule has 2 rings (SSSR count). The van der Waals surface area contributed by atoms with Crippen molar-refractivity contribution in [3.05, 3.63) is 0 Å². The molecule has 0 aliphatic carbocycles. The Morgan fingerprint density at radius 3 is 2.46 bits per heavy atom. The Hall–Kier alpha value is -1.33. The number of β-lactam (4-membered cyclic amide) rings is 1. The van der Waals surface area contributed by atoms with Crippen LogP contribution in [0.2, 0.25) is 0 Å². The lowest BCUT2D eigenvalue weighted by Crippen LogP contribution is -2.66. The lowest BCUT2D eigenvalue weighted by atomic mass is 9.97. The van der Waals surface area contributed by atoms with Crippen LogP contribution in [-0.4, -0.2) is 66.0 Å². The number of esters is 2. The van der Waals surface area contributed by atoms with E-state index >= 15 is 0 Å². The highest BCUT2D eigenvalue weighted by molar-refractivity contribution is 8.01. The quantitative estimate of drug-likeness (QED) is 0.268. The van der Waals surface area contributed by atoms with Crippen LogP contribution >= 0.6 is 11.8 Å². The van der Waals surface area contributed by atoms with Gasteiger partial charge in [-0.15, -0.1) is 11.8 Å². The molecule has 0 saturated carbocycles.